The number of thioether (sulfide) groups is 1. The Kier molecular flexibility index (Phi) is 5.33. The van der Waals surface area contributed by atoms with E-state index in [2.05, 4.69) is 5.32 Å². The predicted octanol–water partition coefficient (Wildman–Crippen LogP) is 1.42. The minimum atomic E-state index is -0.0989. The summed E-state index contributed by atoms with van der Waals surface area (Å²) in [5, 5.41) is 3.45. The van der Waals surface area contributed by atoms with Crippen LogP contribution in [0.25, 0.3) is 0 Å². The summed E-state index contributed by atoms with van der Waals surface area (Å²) in [4.78, 5) is 11.2. The first-order valence-corrected chi connectivity index (χ1v) is 6.37. The second-order valence-electron chi connectivity index (χ2n) is 3.64. The molecule has 1 saturated heterocycles. The summed E-state index contributed by atoms with van der Waals surface area (Å²) in [5.74, 6) is 2.31. The SMILES string of the molecule is CCOC(=O)CC(C)NC1CCSC1. The quantitative estimate of drug-likeness (QED) is 0.707. The van der Waals surface area contributed by atoms with Crippen molar-refractivity contribution in [3.8, 4) is 0 Å². The van der Waals surface area contributed by atoms with Crippen LogP contribution >= 0.6 is 11.8 Å². The largest absolute Gasteiger partial charge is 0.466 e. The molecular weight excluding hydrogens is 198 g/mol. The van der Waals surface area contributed by atoms with Crippen LogP contribution in [-0.4, -0.2) is 36.2 Å². The Hall–Kier alpha value is -0.220. The first-order valence-electron chi connectivity index (χ1n) is 5.21. The Labute approximate surface area is 90.0 Å². The maximum absolute atomic E-state index is 11.2. The highest BCUT2D eigenvalue weighted by Crippen LogP contribution is 2.17. The molecule has 0 aromatic rings. The van der Waals surface area contributed by atoms with Gasteiger partial charge in [-0.1, -0.05) is 0 Å². The van der Waals surface area contributed by atoms with Gasteiger partial charge < -0.3 is 10.1 Å². The molecule has 1 fully saturated rings. The van der Waals surface area contributed by atoms with Crippen LogP contribution in [0.15, 0.2) is 0 Å². The van der Waals surface area contributed by atoms with Crippen LogP contribution in [0, 0.1) is 0 Å². The van der Waals surface area contributed by atoms with Crippen molar-refractivity contribution in [3.05, 3.63) is 0 Å². The van der Waals surface area contributed by atoms with Gasteiger partial charge in [0, 0.05) is 17.8 Å². The van der Waals surface area contributed by atoms with Gasteiger partial charge in [0.2, 0.25) is 0 Å². The van der Waals surface area contributed by atoms with E-state index < -0.39 is 0 Å². The van der Waals surface area contributed by atoms with Gasteiger partial charge in [-0.3, -0.25) is 4.79 Å². The predicted molar refractivity (Wildman–Crippen MR) is 59.6 cm³/mol. The Bertz CT molecular complexity index is 181. The van der Waals surface area contributed by atoms with Crippen LogP contribution in [0.3, 0.4) is 0 Å². The average Bonchev–Trinajstić information content (AvgIpc) is 2.56. The molecule has 82 valence electrons. The van der Waals surface area contributed by atoms with Crippen LogP contribution in [0.1, 0.15) is 26.7 Å². The van der Waals surface area contributed by atoms with Crippen molar-refractivity contribution in [3.63, 3.8) is 0 Å². The van der Waals surface area contributed by atoms with Gasteiger partial charge in [-0.05, 0) is 26.0 Å². The molecule has 14 heavy (non-hydrogen) atoms. The Balaban J connectivity index is 2.14. The molecule has 1 N–H and O–H groups in total. The molecule has 3 nitrogen and oxygen atoms in total. The van der Waals surface area contributed by atoms with Gasteiger partial charge in [-0.15, -0.1) is 0 Å². The van der Waals surface area contributed by atoms with Gasteiger partial charge in [0.05, 0.1) is 13.0 Å². The normalized spacial score (nSPS) is 23.4. The third kappa shape index (κ3) is 4.33. The van der Waals surface area contributed by atoms with Crippen molar-refractivity contribution >= 4 is 17.7 Å². The van der Waals surface area contributed by atoms with E-state index in [1.165, 1.54) is 17.9 Å². The second-order valence-corrected chi connectivity index (χ2v) is 4.79. The van der Waals surface area contributed by atoms with Crippen LogP contribution in [0.2, 0.25) is 0 Å². The molecule has 1 heterocycles. The molecular formula is C10H19NO2S. The van der Waals surface area contributed by atoms with Gasteiger partial charge in [-0.2, -0.15) is 11.8 Å². The van der Waals surface area contributed by atoms with Crippen molar-refractivity contribution in [1.29, 1.82) is 0 Å². The summed E-state index contributed by atoms with van der Waals surface area (Å²) >= 11 is 1.97. The Morgan fingerprint density at radius 3 is 3.07 bits per heavy atom. The molecule has 0 amide bonds. The third-order valence-electron chi connectivity index (χ3n) is 2.23. The molecule has 1 aliphatic heterocycles. The summed E-state index contributed by atoms with van der Waals surface area (Å²) in [6, 6.07) is 0.821. The van der Waals surface area contributed by atoms with E-state index >= 15 is 0 Å². The summed E-state index contributed by atoms with van der Waals surface area (Å²) in [7, 11) is 0. The molecule has 0 saturated carbocycles. The lowest BCUT2D eigenvalue weighted by atomic mass is 10.2. The van der Waals surface area contributed by atoms with Crippen molar-refractivity contribution in [2.24, 2.45) is 0 Å². The lowest BCUT2D eigenvalue weighted by Gasteiger charge is -2.17. The molecule has 0 aliphatic carbocycles. The lowest BCUT2D eigenvalue weighted by Crippen LogP contribution is -2.37. The summed E-state index contributed by atoms with van der Waals surface area (Å²) in [6.45, 7) is 4.36. The van der Waals surface area contributed by atoms with Crippen molar-refractivity contribution in [2.45, 2.75) is 38.8 Å². The number of carbonyl (C=O) groups is 1. The van der Waals surface area contributed by atoms with Crippen molar-refractivity contribution in [2.75, 3.05) is 18.1 Å². The molecule has 0 bridgehead atoms. The van der Waals surface area contributed by atoms with Gasteiger partial charge in [0.1, 0.15) is 0 Å². The fourth-order valence-electron chi connectivity index (χ4n) is 1.60. The van der Waals surface area contributed by atoms with E-state index in [-0.39, 0.29) is 12.0 Å². The molecule has 2 unspecified atom stereocenters. The van der Waals surface area contributed by atoms with E-state index in [1.54, 1.807) is 0 Å². The first kappa shape index (κ1) is 11.9. The van der Waals surface area contributed by atoms with E-state index in [0.717, 1.165) is 0 Å². The van der Waals surface area contributed by atoms with Crippen molar-refractivity contribution < 1.29 is 9.53 Å². The molecule has 0 radical (unpaired) electrons. The van der Waals surface area contributed by atoms with E-state index in [0.29, 0.717) is 19.1 Å². The van der Waals surface area contributed by atoms with Gasteiger partial charge in [0.15, 0.2) is 0 Å². The van der Waals surface area contributed by atoms with Crippen LogP contribution in [0.4, 0.5) is 0 Å². The number of ether oxygens (including phenoxy) is 1. The maximum atomic E-state index is 11.2. The number of esters is 1. The zero-order chi connectivity index (χ0) is 10.4. The molecule has 1 rings (SSSR count). The maximum Gasteiger partial charge on any atom is 0.307 e. The fourth-order valence-corrected chi connectivity index (χ4v) is 2.76. The van der Waals surface area contributed by atoms with Crippen LogP contribution in [0.5, 0.6) is 0 Å². The number of hydrogen-bond acceptors (Lipinski definition) is 4. The second kappa shape index (κ2) is 6.30. The van der Waals surface area contributed by atoms with E-state index in [9.17, 15) is 4.79 Å². The molecule has 0 aromatic heterocycles. The summed E-state index contributed by atoms with van der Waals surface area (Å²) < 4.78 is 4.89. The topological polar surface area (TPSA) is 38.3 Å². The van der Waals surface area contributed by atoms with E-state index in [1.807, 2.05) is 25.6 Å². The van der Waals surface area contributed by atoms with Crippen LogP contribution in [-0.2, 0) is 9.53 Å². The number of rotatable bonds is 5. The highest BCUT2D eigenvalue weighted by atomic mass is 32.2. The first-order chi connectivity index (χ1) is 6.72. The summed E-state index contributed by atoms with van der Waals surface area (Å²) in [6.07, 6.45) is 1.70. The fraction of sp³-hybridized carbons (Fsp3) is 0.900. The minimum Gasteiger partial charge on any atom is -0.466 e. The smallest absolute Gasteiger partial charge is 0.307 e. The molecule has 0 aromatic carbocycles. The summed E-state index contributed by atoms with van der Waals surface area (Å²) in [5.41, 5.74) is 0. The van der Waals surface area contributed by atoms with Gasteiger partial charge >= 0.3 is 5.97 Å². The number of carbonyl (C=O) groups excluding carboxylic acids is 1. The monoisotopic (exact) mass is 217 g/mol. The highest BCUT2D eigenvalue weighted by molar-refractivity contribution is 7.99. The minimum absolute atomic E-state index is 0.0989. The standard InChI is InChI=1S/C10H19NO2S/c1-3-13-10(12)6-8(2)11-9-4-5-14-7-9/h8-9,11H,3-7H2,1-2H3. The zero-order valence-electron chi connectivity index (χ0n) is 8.91. The number of hydrogen-bond donors (Lipinski definition) is 1. The Morgan fingerprint density at radius 2 is 2.50 bits per heavy atom. The third-order valence-corrected chi connectivity index (χ3v) is 3.39. The molecule has 0 spiro atoms. The Morgan fingerprint density at radius 1 is 1.71 bits per heavy atom. The molecule has 2 atom stereocenters. The molecule has 1 aliphatic rings. The van der Waals surface area contributed by atoms with Gasteiger partial charge in [-0.25, -0.2) is 0 Å². The lowest BCUT2D eigenvalue weighted by molar-refractivity contribution is -0.143. The highest BCUT2D eigenvalue weighted by Gasteiger charge is 2.18. The molecule has 4 heteroatoms. The zero-order valence-corrected chi connectivity index (χ0v) is 9.73. The van der Waals surface area contributed by atoms with Crippen LogP contribution < -0.4 is 5.32 Å². The van der Waals surface area contributed by atoms with Crippen molar-refractivity contribution in [1.82, 2.24) is 5.32 Å². The average molecular weight is 217 g/mol. The van der Waals surface area contributed by atoms with E-state index in [4.69, 9.17) is 4.74 Å². The van der Waals surface area contributed by atoms with Gasteiger partial charge in [0.25, 0.3) is 0 Å². The number of nitrogens with one attached hydrogen (secondary N) is 1.